The molecular weight excluding hydrogens is 423 g/mol. The number of nitrogens with one attached hydrogen (secondary N) is 3. The molecule has 0 saturated heterocycles. The van der Waals surface area contributed by atoms with Crippen LogP contribution in [0.5, 0.6) is 11.5 Å². The first-order valence-corrected chi connectivity index (χ1v) is 9.57. The maximum Gasteiger partial charge on any atom is 0.416 e. The molecule has 3 amide bonds. The monoisotopic (exact) mass is 443 g/mol. The lowest BCUT2D eigenvalue weighted by molar-refractivity contribution is -0.137. The van der Waals surface area contributed by atoms with E-state index in [0.29, 0.717) is 22.6 Å². The normalized spacial score (nSPS) is 10.9. The molecule has 0 aromatic heterocycles. The molecule has 3 aromatic rings. The maximum absolute atomic E-state index is 12.8. The maximum atomic E-state index is 12.8. The zero-order valence-electron chi connectivity index (χ0n) is 17.0. The SMILES string of the molecule is CNC(=O)c1ccccc1Oc1ccccc1CNC(=O)Nc1cccc(C(F)(F)F)c1. The Kier molecular flexibility index (Phi) is 6.99. The number of rotatable bonds is 6. The number of carbonyl (C=O) groups excluding carboxylic acids is 2. The second-order valence-electron chi connectivity index (χ2n) is 6.67. The van der Waals surface area contributed by atoms with Crippen LogP contribution in [0, 0.1) is 0 Å². The quantitative estimate of drug-likeness (QED) is 0.491. The zero-order chi connectivity index (χ0) is 23.1. The number of ether oxygens (including phenoxy) is 1. The Bertz CT molecular complexity index is 1120. The van der Waals surface area contributed by atoms with Crippen molar-refractivity contribution in [2.75, 3.05) is 12.4 Å². The van der Waals surface area contributed by atoms with Crippen LogP contribution in [-0.2, 0) is 12.7 Å². The highest BCUT2D eigenvalue weighted by atomic mass is 19.4. The van der Waals surface area contributed by atoms with Crippen molar-refractivity contribution in [1.29, 1.82) is 0 Å². The van der Waals surface area contributed by atoms with Crippen LogP contribution in [0.4, 0.5) is 23.7 Å². The summed E-state index contributed by atoms with van der Waals surface area (Å²) in [5.74, 6) is 0.451. The van der Waals surface area contributed by atoms with Crippen molar-refractivity contribution in [2.24, 2.45) is 0 Å². The van der Waals surface area contributed by atoms with Gasteiger partial charge in [-0.15, -0.1) is 0 Å². The molecule has 3 N–H and O–H groups in total. The molecule has 6 nitrogen and oxygen atoms in total. The van der Waals surface area contributed by atoms with Gasteiger partial charge in [-0.2, -0.15) is 13.2 Å². The average Bonchev–Trinajstić information content (AvgIpc) is 2.78. The third-order valence-corrected chi connectivity index (χ3v) is 4.44. The Morgan fingerprint density at radius 1 is 0.906 bits per heavy atom. The Hall–Kier alpha value is -4.01. The van der Waals surface area contributed by atoms with Crippen molar-refractivity contribution in [2.45, 2.75) is 12.7 Å². The van der Waals surface area contributed by atoms with Crippen LogP contribution in [0.1, 0.15) is 21.5 Å². The van der Waals surface area contributed by atoms with E-state index in [2.05, 4.69) is 16.0 Å². The summed E-state index contributed by atoms with van der Waals surface area (Å²) in [5, 5.41) is 7.52. The van der Waals surface area contributed by atoms with Gasteiger partial charge in [0.2, 0.25) is 0 Å². The summed E-state index contributed by atoms with van der Waals surface area (Å²) in [6.45, 7) is 0.0448. The number of benzene rings is 3. The van der Waals surface area contributed by atoms with Crippen LogP contribution >= 0.6 is 0 Å². The number of carbonyl (C=O) groups is 2. The van der Waals surface area contributed by atoms with Crippen LogP contribution in [0.3, 0.4) is 0 Å². The van der Waals surface area contributed by atoms with Crippen LogP contribution in [0.2, 0.25) is 0 Å². The Balaban J connectivity index is 1.69. The number of anilines is 1. The number of para-hydroxylation sites is 2. The molecule has 32 heavy (non-hydrogen) atoms. The Morgan fingerprint density at radius 3 is 2.31 bits per heavy atom. The highest BCUT2D eigenvalue weighted by Gasteiger charge is 2.30. The van der Waals surface area contributed by atoms with E-state index in [0.717, 1.165) is 12.1 Å². The molecule has 0 aliphatic carbocycles. The molecule has 0 saturated carbocycles. The lowest BCUT2D eigenvalue weighted by Gasteiger charge is -2.15. The topological polar surface area (TPSA) is 79.5 Å². The second kappa shape index (κ2) is 9.86. The smallest absolute Gasteiger partial charge is 0.416 e. The average molecular weight is 443 g/mol. The van der Waals surface area contributed by atoms with Gasteiger partial charge < -0.3 is 20.7 Å². The summed E-state index contributed by atoms with van der Waals surface area (Å²) in [5.41, 5.74) is 0.114. The van der Waals surface area contributed by atoms with Gasteiger partial charge in [-0.25, -0.2) is 4.79 Å². The van der Waals surface area contributed by atoms with E-state index in [-0.39, 0.29) is 18.1 Å². The molecular formula is C23H20F3N3O3. The zero-order valence-corrected chi connectivity index (χ0v) is 17.0. The van der Waals surface area contributed by atoms with Crippen molar-refractivity contribution in [1.82, 2.24) is 10.6 Å². The van der Waals surface area contributed by atoms with E-state index >= 15 is 0 Å². The fourth-order valence-electron chi connectivity index (χ4n) is 2.87. The molecule has 0 unspecified atom stereocenters. The molecule has 0 atom stereocenters. The van der Waals surface area contributed by atoms with Gasteiger partial charge in [0.05, 0.1) is 11.1 Å². The first-order chi connectivity index (χ1) is 15.3. The molecule has 0 aliphatic rings. The van der Waals surface area contributed by atoms with Crippen molar-refractivity contribution >= 4 is 17.6 Å². The molecule has 0 radical (unpaired) electrons. The summed E-state index contributed by atoms with van der Waals surface area (Å²) < 4.78 is 44.4. The summed E-state index contributed by atoms with van der Waals surface area (Å²) in [4.78, 5) is 24.3. The lowest BCUT2D eigenvalue weighted by atomic mass is 10.1. The predicted octanol–water partition coefficient (Wildman–Crippen LogP) is 5.18. The van der Waals surface area contributed by atoms with E-state index in [9.17, 15) is 22.8 Å². The Labute approximate surface area is 182 Å². The van der Waals surface area contributed by atoms with Crippen molar-refractivity contribution in [3.63, 3.8) is 0 Å². The van der Waals surface area contributed by atoms with Crippen LogP contribution in [-0.4, -0.2) is 19.0 Å². The van der Waals surface area contributed by atoms with Gasteiger partial charge >= 0.3 is 12.2 Å². The number of alkyl halides is 3. The van der Waals surface area contributed by atoms with E-state index in [4.69, 9.17) is 4.74 Å². The molecule has 3 rings (SSSR count). The van der Waals surface area contributed by atoms with Gasteiger partial charge in [0.25, 0.3) is 5.91 Å². The molecule has 9 heteroatoms. The van der Waals surface area contributed by atoms with Gasteiger partial charge in [0.1, 0.15) is 11.5 Å². The van der Waals surface area contributed by atoms with Gasteiger partial charge in [0.15, 0.2) is 0 Å². The molecule has 3 aromatic carbocycles. The standard InChI is InChI=1S/C23H20F3N3O3/c1-27-21(30)18-10-3-5-12-20(18)32-19-11-4-2-7-15(19)14-28-22(31)29-17-9-6-8-16(13-17)23(24,25)26/h2-13H,14H2,1H3,(H,27,30)(H2,28,29,31). The van der Waals surface area contributed by atoms with Crippen LogP contribution in [0.25, 0.3) is 0 Å². The van der Waals surface area contributed by atoms with Gasteiger partial charge in [-0.1, -0.05) is 36.4 Å². The summed E-state index contributed by atoms with van der Waals surface area (Å²) >= 11 is 0. The minimum atomic E-state index is -4.50. The highest BCUT2D eigenvalue weighted by Crippen LogP contribution is 2.31. The number of amides is 3. The van der Waals surface area contributed by atoms with Gasteiger partial charge in [-0.3, -0.25) is 4.79 Å². The van der Waals surface area contributed by atoms with E-state index in [1.807, 2.05) is 0 Å². The first kappa shape index (κ1) is 22.7. The van der Waals surface area contributed by atoms with Crippen molar-refractivity contribution in [3.05, 3.63) is 89.5 Å². The fraction of sp³-hybridized carbons (Fsp3) is 0.130. The molecule has 0 bridgehead atoms. The summed E-state index contributed by atoms with van der Waals surface area (Å²) in [7, 11) is 1.51. The highest BCUT2D eigenvalue weighted by molar-refractivity contribution is 5.96. The molecule has 0 heterocycles. The summed E-state index contributed by atoms with van der Waals surface area (Å²) in [6.07, 6.45) is -4.50. The van der Waals surface area contributed by atoms with E-state index in [1.165, 1.54) is 19.2 Å². The third-order valence-electron chi connectivity index (χ3n) is 4.44. The first-order valence-electron chi connectivity index (χ1n) is 9.57. The molecule has 166 valence electrons. The second-order valence-corrected chi connectivity index (χ2v) is 6.67. The molecule has 0 fully saturated rings. The number of urea groups is 1. The lowest BCUT2D eigenvalue weighted by Crippen LogP contribution is -2.28. The number of hydrogen-bond donors (Lipinski definition) is 3. The minimum Gasteiger partial charge on any atom is -0.456 e. The third kappa shape index (κ3) is 5.78. The van der Waals surface area contributed by atoms with Gasteiger partial charge in [0, 0.05) is 24.8 Å². The van der Waals surface area contributed by atoms with Crippen LogP contribution < -0.4 is 20.7 Å². The van der Waals surface area contributed by atoms with E-state index in [1.54, 1.807) is 48.5 Å². The fourth-order valence-corrected chi connectivity index (χ4v) is 2.87. The van der Waals surface area contributed by atoms with Gasteiger partial charge in [-0.05, 0) is 36.4 Å². The van der Waals surface area contributed by atoms with E-state index < -0.39 is 17.8 Å². The number of halogens is 3. The summed E-state index contributed by atoms with van der Waals surface area (Å²) in [6, 6.07) is 17.3. The minimum absolute atomic E-state index is 0.0152. The largest absolute Gasteiger partial charge is 0.456 e. The van der Waals surface area contributed by atoms with Crippen molar-refractivity contribution in [3.8, 4) is 11.5 Å². The molecule has 0 spiro atoms. The Morgan fingerprint density at radius 2 is 1.59 bits per heavy atom. The van der Waals surface area contributed by atoms with Crippen molar-refractivity contribution < 1.29 is 27.5 Å². The van der Waals surface area contributed by atoms with Crippen LogP contribution in [0.15, 0.2) is 72.8 Å². The molecule has 0 aliphatic heterocycles. The number of hydrogen-bond acceptors (Lipinski definition) is 3. The predicted molar refractivity (Wildman–Crippen MR) is 114 cm³/mol.